The van der Waals surface area contributed by atoms with Gasteiger partial charge < -0.3 is 9.15 Å². The monoisotopic (exact) mass is 392 g/mol. The van der Waals surface area contributed by atoms with E-state index in [2.05, 4.69) is 6.92 Å². The molecule has 0 aliphatic carbocycles. The molecule has 0 radical (unpaired) electrons. The molecule has 4 heteroatoms. The van der Waals surface area contributed by atoms with E-state index < -0.39 is 0 Å². The molecule has 0 atom stereocenters. The quantitative estimate of drug-likeness (QED) is 0.224. The van der Waals surface area contributed by atoms with Crippen LogP contribution in [0.5, 0.6) is 5.75 Å². The Labute approximate surface area is 171 Å². The molecule has 0 aliphatic rings. The van der Waals surface area contributed by atoms with E-state index in [9.17, 15) is 9.59 Å². The third kappa shape index (κ3) is 5.80. The number of esters is 1. The van der Waals surface area contributed by atoms with E-state index in [-0.39, 0.29) is 11.4 Å². The van der Waals surface area contributed by atoms with Gasteiger partial charge in [0.2, 0.25) is 0 Å². The first kappa shape index (κ1) is 20.8. The number of unbranched alkanes of at least 4 members (excludes halogenated alkanes) is 6. The fourth-order valence-corrected chi connectivity index (χ4v) is 3.40. The van der Waals surface area contributed by atoms with Crippen LogP contribution >= 0.6 is 0 Å². The van der Waals surface area contributed by atoms with Gasteiger partial charge in [0.05, 0.1) is 10.9 Å². The summed E-state index contributed by atoms with van der Waals surface area (Å²) in [6, 6.07) is 14.3. The van der Waals surface area contributed by atoms with Gasteiger partial charge in [0.25, 0.3) is 0 Å². The Morgan fingerprint density at radius 3 is 2.41 bits per heavy atom. The largest absolute Gasteiger partial charge is 0.463 e. The Kier molecular flexibility index (Phi) is 7.62. The van der Waals surface area contributed by atoms with Crippen molar-refractivity contribution in [1.82, 2.24) is 0 Å². The Balaban J connectivity index is 1.59. The molecule has 1 heterocycles. The molecule has 0 bridgehead atoms. The van der Waals surface area contributed by atoms with Gasteiger partial charge in [-0.15, -0.1) is 0 Å². The number of hydrogen-bond acceptors (Lipinski definition) is 4. The lowest BCUT2D eigenvalue weighted by Gasteiger charge is -2.06. The van der Waals surface area contributed by atoms with Crippen LogP contribution in [0.4, 0.5) is 0 Å². The maximum absolute atomic E-state index is 12.8. The molecule has 3 rings (SSSR count). The average molecular weight is 392 g/mol. The molecule has 0 saturated heterocycles. The Bertz CT molecular complexity index is 989. The molecule has 0 aliphatic heterocycles. The predicted octanol–water partition coefficient (Wildman–Crippen LogP) is 6.51. The van der Waals surface area contributed by atoms with E-state index in [1.807, 2.05) is 30.3 Å². The third-order valence-corrected chi connectivity index (χ3v) is 5.05. The summed E-state index contributed by atoms with van der Waals surface area (Å²) in [7, 11) is 0. The first-order valence-corrected chi connectivity index (χ1v) is 10.5. The first-order chi connectivity index (χ1) is 14.2. The van der Waals surface area contributed by atoms with Crippen LogP contribution in [0.1, 0.15) is 58.3 Å². The van der Waals surface area contributed by atoms with Crippen LogP contribution in [0.3, 0.4) is 0 Å². The maximum atomic E-state index is 12.8. The van der Waals surface area contributed by atoms with Gasteiger partial charge in [-0.2, -0.15) is 0 Å². The minimum atomic E-state index is -0.249. The van der Waals surface area contributed by atoms with Crippen molar-refractivity contribution in [3.8, 4) is 16.9 Å². The van der Waals surface area contributed by atoms with Gasteiger partial charge in [0.1, 0.15) is 17.6 Å². The van der Waals surface area contributed by atoms with Crippen molar-refractivity contribution in [2.75, 3.05) is 0 Å². The van der Waals surface area contributed by atoms with Crippen LogP contribution in [-0.2, 0) is 4.79 Å². The van der Waals surface area contributed by atoms with Gasteiger partial charge in [-0.1, -0.05) is 75.8 Å². The molecular formula is C25H28O4. The van der Waals surface area contributed by atoms with Crippen molar-refractivity contribution >= 4 is 16.9 Å². The zero-order valence-corrected chi connectivity index (χ0v) is 17.0. The molecule has 0 unspecified atom stereocenters. The second-order valence-electron chi connectivity index (χ2n) is 7.35. The van der Waals surface area contributed by atoms with Gasteiger partial charge >= 0.3 is 5.97 Å². The summed E-state index contributed by atoms with van der Waals surface area (Å²) in [4.78, 5) is 24.8. The lowest BCUT2D eigenvalue weighted by atomic mass is 10.1. The molecule has 29 heavy (non-hydrogen) atoms. The van der Waals surface area contributed by atoms with E-state index in [1.54, 1.807) is 18.2 Å². The van der Waals surface area contributed by atoms with Crippen molar-refractivity contribution < 1.29 is 13.9 Å². The van der Waals surface area contributed by atoms with Crippen molar-refractivity contribution in [2.45, 2.75) is 58.3 Å². The Morgan fingerprint density at radius 2 is 1.66 bits per heavy atom. The van der Waals surface area contributed by atoms with Crippen molar-refractivity contribution in [3.63, 3.8) is 0 Å². The highest BCUT2D eigenvalue weighted by Crippen LogP contribution is 2.23. The second kappa shape index (κ2) is 10.6. The molecular weight excluding hydrogens is 364 g/mol. The lowest BCUT2D eigenvalue weighted by molar-refractivity contribution is -0.134. The lowest BCUT2D eigenvalue weighted by Crippen LogP contribution is -2.08. The van der Waals surface area contributed by atoms with Crippen molar-refractivity contribution in [1.29, 1.82) is 0 Å². The van der Waals surface area contributed by atoms with Gasteiger partial charge in [-0.05, 0) is 24.1 Å². The molecule has 4 nitrogen and oxygen atoms in total. The highest BCUT2D eigenvalue weighted by molar-refractivity contribution is 5.83. The van der Waals surface area contributed by atoms with Crippen LogP contribution < -0.4 is 10.2 Å². The van der Waals surface area contributed by atoms with Gasteiger partial charge in [-0.3, -0.25) is 9.59 Å². The molecule has 0 fully saturated rings. The Morgan fingerprint density at radius 1 is 0.931 bits per heavy atom. The highest BCUT2D eigenvalue weighted by atomic mass is 16.5. The van der Waals surface area contributed by atoms with Crippen molar-refractivity contribution in [2.24, 2.45) is 0 Å². The molecule has 0 spiro atoms. The number of hydrogen-bond donors (Lipinski definition) is 0. The SMILES string of the molecule is CCCCCCCCCC(=O)Oc1ccc2c(=O)c(-c3ccccc3)coc2c1. The molecule has 1 aromatic heterocycles. The number of benzene rings is 2. The smallest absolute Gasteiger partial charge is 0.311 e. The van der Waals surface area contributed by atoms with E-state index >= 15 is 0 Å². The Hall–Kier alpha value is -2.88. The first-order valence-electron chi connectivity index (χ1n) is 10.5. The number of rotatable bonds is 10. The predicted molar refractivity (Wildman–Crippen MR) is 116 cm³/mol. The minimum Gasteiger partial charge on any atom is -0.463 e. The van der Waals surface area contributed by atoms with E-state index in [0.717, 1.165) is 24.8 Å². The van der Waals surface area contributed by atoms with Gasteiger partial charge in [0, 0.05) is 12.5 Å². The number of carbonyl (C=O) groups excluding carboxylic acids is 1. The summed E-state index contributed by atoms with van der Waals surface area (Å²) < 4.78 is 11.1. The maximum Gasteiger partial charge on any atom is 0.311 e. The highest BCUT2D eigenvalue weighted by Gasteiger charge is 2.11. The molecule has 152 valence electrons. The standard InChI is InChI=1S/C25H28O4/c1-2-3-4-5-6-7-11-14-24(26)29-20-15-16-21-23(17-20)28-18-22(25(21)27)19-12-9-8-10-13-19/h8-10,12-13,15-18H,2-7,11,14H2,1H3. The summed E-state index contributed by atoms with van der Waals surface area (Å²) in [6.07, 6.45) is 9.96. The summed E-state index contributed by atoms with van der Waals surface area (Å²) in [5.74, 6) is 0.155. The molecule has 2 aromatic carbocycles. The molecule has 0 saturated carbocycles. The summed E-state index contributed by atoms with van der Waals surface area (Å²) in [5.41, 5.74) is 1.64. The fourth-order valence-electron chi connectivity index (χ4n) is 3.40. The zero-order chi connectivity index (χ0) is 20.5. The summed E-state index contributed by atoms with van der Waals surface area (Å²) in [5, 5.41) is 0.471. The van der Waals surface area contributed by atoms with Gasteiger partial charge in [-0.25, -0.2) is 0 Å². The zero-order valence-electron chi connectivity index (χ0n) is 17.0. The second-order valence-corrected chi connectivity index (χ2v) is 7.35. The van der Waals surface area contributed by atoms with E-state index in [1.165, 1.54) is 31.9 Å². The fraction of sp³-hybridized carbons (Fsp3) is 0.360. The van der Waals surface area contributed by atoms with Crippen LogP contribution in [0.25, 0.3) is 22.1 Å². The van der Waals surface area contributed by atoms with E-state index in [4.69, 9.17) is 9.15 Å². The third-order valence-electron chi connectivity index (χ3n) is 5.05. The van der Waals surface area contributed by atoms with Gasteiger partial charge in [0.15, 0.2) is 5.43 Å². The summed E-state index contributed by atoms with van der Waals surface area (Å²) in [6.45, 7) is 2.20. The molecule has 0 amide bonds. The minimum absolute atomic E-state index is 0.0987. The number of fused-ring (bicyclic) bond motifs is 1. The number of ether oxygens (including phenoxy) is 1. The van der Waals surface area contributed by atoms with Crippen LogP contribution in [0.15, 0.2) is 64.0 Å². The topological polar surface area (TPSA) is 56.5 Å². The van der Waals surface area contributed by atoms with E-state index in [0.29, 0.717) is 28.7 Å². The van der Waals surface area contributed by atoms with Crippen LogP contribution in [-0.4, -0.2) is 5.97 Å². The number of carbonyl (C=O) groups is 1. The van der Waals surface area contributed by atoms with Crippen molar-refractivity contribution in [3.05, 3.63) is 65.0 Å². The average Bonchev–Trinajstić information content (AvgIpc) is 2.74. The van der Waals surface area contributed by atoms with Crippen LogP contribution in [0, 0.1) is 0 Å². The molecule has 0 N–H and O–H groups in total. The normalized spacial score (nSPS) is 10.9. The van der Waals surface area contributed by atoms with Crippen LogP contribution in [0.2, 0.25) is 0 Å². The molecule has 3 aromatic rings. The summed E-state index contributed by atoms with van der Waals surface area (Å²) >= 11 is 0.